The molecule has 1 atom stereocenters. The van der Waals surface area contributed by atoms with E-state index in [9.17, 15) is 28.0 Å². The van der Waals surface area contributed by atoms with E-state index in [0.29, 0.717) is 5.69 Å². The van der Waals surface area contributed by atoms with Crippen molar-refractivity contribution in [2.24, 2.45) is 7.05 Å². The highest BCUT2D eigenvalue weighted by Gasteiger charge is 2.61. The number of halogens is 4. The van der Waals surface area contributed by atoms with E-state index in [1.807, 2.05) is 6.07 Å². The molecule has 4 rings (SSSR count). The summed E-state index contributed by atoms with van der Waals surface area (Å²) < 4.78 is 61.9. The largest absolute Gasteiger partial charge is 0.446 e. The molecule has 4 N–H and O–H groups in total. The lowest BCUT2D eigenvalue weighted by atomic mass is 9.95. The van der Waals surface area contributed by atoms with Gasteiger partial charge in [-0.3, -0.25) is 9.59 Å². The van der Waals surface area contributed by atoms with Crippen molar-refractivity contribution >= 4 is 34.2 Å². The quantitative estimate of drug-likeness (QED) is 0.183. The number of carbonyl (C=O) groups excluding carboxylic acids is 2. The molecule has 0 spiro atoms. The van der Waals surface area contributed by atoms with Crippen molar-refractivity contribution in [3.63, 3.8) is 0 Å². The van der Waals surface area contributed by atoms with Gasteiger partial charge in [0.25, 0.3) is 5.91 Å². The Balaban J connectivity index is 2.04. The van der Waals surface area contributed by atoms with Crippen molar-refractivity contribution in [1.82, 2.24) is 14.9 Å². The van der Waals surface area contributed by atoms with Crippen LogP contribution in [0.3, 0.4) is 0 Å². The van der Waals surface area contributed by atoms with Crippen molar-refractivity contribution in [2.45, 2.75) is 12.0 Å². The van der Waals surface area contributed by atoms with Crippen molar-refractivity contribution in [1.29, 1.82) is 5.26 Å². The smallest absolute Gasteiger partial charge is 0.383 e. The maximum Gasteiger partial charge on any atom is 0.446 e. The number of rotatable bonds is 6. The Bertz CT molecular complexity index is 1640. The fraction of sp³-hybridized carbons (Fsp3) is 0.111. The summed E-state index contributed by atoms with van der Waals surface area (Å²) in [5.41, 5.74) is 4.50. The minimum absolute atomic E-state index is 0.0730. The molecule has 0 saturated carbocycles. The zero-order valence-electron chi connectivity index (χ0n) is 20.3. The minimum Gasteiger partial charge on any atom is -0.383 e. The van der Waals surface area contributed by atoms with Gasteiger partial charge in [-0.05, 0) is 35.9 Å². The maximum absolute atomic E-state index is 16.7. The molecule has 0 bridgehead atoms. The number of aromatic nitrogens is 2. The number of anilines is 2. The Morgan fingerprint density at radius 3 is 2.31 bits per heavy atom. The summed E-state index contributed by atoms with van der Waals surface area (Å²) in [5.74, 6) is -6.79. The highest BCUT2D eigenvalue weighted by atomic mass is 19.4. The predicted molar refractivity (Wildman–Crippen MR) is 137 cm³/mol. The fourth-order valence-electron chi connectivity index (χ4n) is 4.26. The van der Waals surface area contributed by atoms with Crippen molar-refractivity contribution in [2.75, 3.05) is 11.1 Å². The highest BCUT2D eigenvalue weighted by molar-refractivity contribution is 6.03. The number of fused-ring (bicyclic) bond motifs is 1. The highest BCUT2D eigenvalue weighted by Crippen LogP contribution is 2.50. The fourth-order valence-corrected chi connectivity index (χ4v) is 4.26. The minimum atomic E-state index is -5.67. The van der Waals surface area contributed by atoms with Crippen molar-refractivity contribution in [3.8, 4) is 17.3 Å². The van der Waals surface area contributed by atoms with Gasteiger partial charge in [0.15, 0.2) is 0 Å². The van der Waals surface area contributed by atoms with Gasteiger partial charge in [0.05, 0.1) is 27.7 Å². The Morgan fingerprint density at radius 1 is 1.10 bits per heavy atom. The third kappa shape index (κ3) is 4.66. The van der Waals surface area contributed by atoms with Crippen molar-refractivity contribution < 1.29 is 27.2 Å². The molecule has 0 aliphatic carbocycles. The predicted octanol–water partition coefficient (Wildman–Crippen LogP) is 4.93. The number of nitrogens with two attached hydrogens (primary N) is 1. The second-order valence-electron chi connectivity index (χ2n) is 8.42. The number of carbonyl (C=O) groups is 2. The number of aryl methyl sites for hydroxylation is 1. The molecule has 198 valence electrons. The number of nitrogen functional groups attached to an aromatic ring is 1. The molecule has 0 aliphatic heterocycles. The molecule has 8 nitrogen and oxygen atoms in total. The van der Waals surface area contributed by atoms with Gasteiger partial charge in [0.2, 0.25) is 5.91 Å². The van der Waals surface area contributed by atoms with E-state index in [1.165, 1.54) is 65.5 Å². The van der Waals surface area contributed by atoms with Gasteiger partial charge >= 0.3 is 12.0 Å². The molecule has 39 heavy (non-hydrogen) atoms. The Hall–Kier alpha value is -5.18. The van der Waals surface area contributed by atoms with E-state index in [-0.39, 0.29) is 27.9 Å². The number of nitriles is 1. The molecule has 2 aromatic carbocycles. The van der Waals surface area contributed by atoms with Crippen molar-refractivity contribution in [3.05, 3.63) is 90.1 Å². The summed E-state index contributed by atoms with van der Waals surface area (Å²) in [6.45, 7) is 3.35. The summed E-state index contributed by atoms with van der Waals surface area (Å²) in [7, 11) is 1.34. The third-order valence-electron chi connectivity index (χ3n) is 6.03. The van der Waals surface area contributed by atoms with Crippen LogP contribution in [0.1, 0.15) is 21.5 Å². The van der Waals surface area contributed by atoms with Gasteiger partial charge < -0.3 is 20.9 Å². The average Bonchev–Trinajstić information content (AvgIpc) is 3.23. The molecule has 4 aromatic rings. The molecule has 0 saturated heterocycles. The number of alkyl halides is 4. The molecule has 12 heteroatoms. The summed E-state index contributed by atoms with van der Waals surface area (Å²) >= 11 is 0. The van der Waals surface area contributed by atoms with Gasteiger partial charge in [-0.2, -0.15) is 18.4 Å². The molecule has 2 aromatic heterocycles. The van der Waals surface area contributed by atoms with Gasteiger partial charge in [0, 0.05) is 24.5 Å². The van der Waals surface area contributed by atoms with Crippen LogP contribution in [0.15, 0.2) is 73.4 Å². The van der Waals surface area contributed by atoms with Crippen LogP contribution >= 0.6 is 0 Å². The first-order valence-corrected chi connectivity index (χ1v) is 11.3. The van der Waals surface area contributed by atoms with E-state index in [4.69, 9.17) is 5.73 Å². The number of benzene rings is 2. The Labute approximate surface area is 219 Å². The summed E-state index contributed by atoms with van der Waals surface area (Å²) in [6, 6.07) is 14.2. The molecular weight excluding hydrogens is 516 g/mol. The second kappa shape index (κ2) is 9.94. The van der Waals surface area contributed by atoms with E-state index in [2.05, 4.69) is 16.9 Å². The lowest BCUT2D eigenvalue weighted by Gasteiger charge is -2.30. The molecule has 2 amide bonds. The number of nitrogens with one attached hydrogen (secondary N) is 2. The Morgan fingerprint density at radius 2 is 1.74 bits per heavy atom. The third-order valence-corrected chi connectivity index (χ3v) is 6.03. The van der Waals surface area contributed by atoms with Crippen LogP contribution in [0.2, 0.25) is 0 Å². The monoisotopic (exact) mass is 536 g/mol. The number of pyridine rings is 1. The maximum atomic E-state index is 16.7. The summed E-state index contributed by atoms with van der Waals surface area (Å²) in [6.07, 6.45) is -3.58. The zero-order chi connectivity index (χ0) is 28.5. The van der Waals surface area contributed by atoms with Crippen LogP contribution in [-0.2, 0) is 17.6 Å². The van der Waals surface area contributed by atoms with Crippen LogP contribution in [-0.4, -0.2) is 27.5 Å². The van der Waals surface area contributed by atoms with E-state index < -0.39 is 40.6 Å². The number of nitrogens with zero attached hydrogens (tertiary/aromatic N) is 3. The average molecular weight is 536 g/mol. The van der Waals surface area contributed by atoms with Gasteiger partial charge in [-0.25, -0.2) is 9.37 Å². The van der Waals surface area contributed by atoms with Gasteiger partial charge in [-0.1, -0.05) is 36.9 Å². The zero-order valence-corrected chi connectivity index (χ0v) is 20.3. The topological polar surface area (TPSA) is 126 Å². The normalized spacial score (nSPS) is 12.8. The molecule has 0 aliphatic rings. The SMILES string of the molecule is C=CC(=O)Nc1ccc(-c2c(C(F)(NC(=O)c3ccccc3)C(F)(F)F)c3c(N)ncc(C#N)c3n2C)cc1. The second-order valence-corrected chi connectivity index (χ2v) is 8.42. The van der Waals surface area contributed by atoms with Gasteiger partial charge in [0.1, 0.15) is 11.9 Å². The lowest BCUT2D eigenvalue weighted by molar-refractivity contribution is -0.242. The van der Waals surface area contributed by atoms with Crippen LogP contribution in [0.5, 0.6) is 0 Å². The molecular formula is C27H20F4N6O2. The van der Waals surface area contributed by atoms with Gasteiger partial charge in [-0.15, -0.1) is 0 Å². The van der Waals surface area contributed by atoms with Crippen LogP contribution < -0.4 is 16.4 Å². The standard InChI is InChI=1S/C27H20F4N6O2/c1-3-19(38)35-18-11-9-15(10-12-18)23-21(20-22(37(23)2)17(13-32)14-34-24(20)33)26(28,27(29,30)31)36-25(39)16-7-5-4-6-8-16/h3-12,14H,1H2,2H3,(H2,33,34)(H,35,38)(H,36,39). The summed E-state index contributed by atoms with van der Waals surface area (Å²) in [5, 5.41) is 13.2. The lowest BCUT2D eigenvalue weighted by Crippen LogP contribution is -2.53. The van der Waals surface area contributed by atoms with Crippen LogP contribution in [0.4, 0.5) is 29.1 Å². The van der Waals surface area contributed by atoms with E-state index in [1.54, 1.807) is 6.07 Å². The first kappa shape index (κ1) is 26.9. The van der Waals surface area contributed by atoms with Crippen LogP contribution in [0, 0.1) is 11.3 Å². The molecule has 2 heterocycles. The summed E-state index contributed by atoms with van der Waals surface area (Å²) in [4.78, 5) is 28.3. The first-order chi connectivity index (χ1) is 18.4. The number of hydrogen-bond donors (Lipinski definition) is 3. The Kier molecular flexibility index (Phi) is 6.85. The van der Waals surface area contributed by atoms with Crippen LogP contribution in [0.25, 0.3) is 22.2 Å². The molecule has 0 radical (unpaired) electrons. The first-order valence-electron chi connectivity index (χ1n) is 11.3. The van der Waals surface area contributed by atoms with E-state index >= 15 is 4.39 Å². The molecule has 1 unspecified atom stereocenters. The molecule has 0 fully saturated rings. The number of hydrogen-bond acceptors (Lipinski definition) is 5. The number of amides is 2. The van der Waals surface area contributed by atoms with E-state index in [0.717, 1.165) is 12.3 Å².